The van der Waals surface area contributed by atoms with E-state index in [9.17, 15) is 14.3 Å². The number of aliphatic hydroxyl groups is 1. The van der Waals surface area contributed by atoms with Gasteiger partial charge in [0.05, 0.1) is 24.5 Å². The van der Waals surface area contributed by atoms with Crippen molar-refractivity contribution in [2.75, 3.05) is 0 Å². The molecule has 1 heterocycles. The number of rotatable bonds is 3. The monoisotopic (exact) mass is 236 g/mol. The SMILES string of the molecule is CCC(O)Cn1cnc2cccc(F)c2c1=O. The fraction of sp³-hybridized carbons (Fsp3) is 0.333. The third-order valence-electron chi connectivity index (χ3n) is 2.68. The van der Waals surface area contributed by atoms with Gasteiger partial charge in [0.15, 0.2) is 0 Å². The van der Waals surface area contributed by atoms with Crippen LogP contribution in [0.3, 0.4) is 0 Å². The average Bonchev–Trinajstić information content (AvgIpc) is 2.32. The van der Waals surface area contributed by atoms with Gasteiger partial charge in [0.1, 0.15) is 11.2 Å². The first-order valence-electron chi connectivity index (χ1n) is 5.45. The van der Waals surface area contributed by atoms with Crippen molar-refractivity contribution in [2.24, 2.45) is 0 Å². The van der Waals surface area contributed by atoms with Crippen LogP contribution in [0.5, 0.6) is 0 Å². The fourth-order valence-corrected chi connectivity index (χ4v) is 1.65. The van der Waals surface area contributed by atoms with Crippen LogP contribution in [0.4, 0.5) is 4.39 Å². The molecule has 2 rings (SSSR count). The predicted molar refractivity (Wildman–Crippen MR) is 62.3 cm³/mol. The van der Waals surface area contributed by atoms with E-state index in [-0.39, 0.29) is 11.9 Å². The van der Waals surface area contributed by atoms with Crippen molar-refractivity contribution in [3.63, 3.8) is 0 Å². The Bertz CT molecular complexity index is 595. The van der Waals surface area contributed by atoms with Crippen LogP contribution in [-0.4, -0.2) is 20.8 Å². The molecule has 1 atom stereocenters. The maximum absolute atomic E-state index is 13.5. The van der Waals surface area contributed by atoms with Gasteiger partial charge in [-0.15, -0.1) is 0 Å². The number of hydrogen-bond acceptors (Lipinski definition) is 3. The number of aromatic nitrogens is 2. The molecule has 0 radical (unpaired) electrons. The van der Waals surface area contributed by atoms with Crippen LogP contribution < -0.4 is 5.56 Å². The van der Waals surface area contributed by atoms with Crippen LogP contribution in [0.25, 0.3) is 10.9 Å². The summed E-state index contributed by atoms with van der Waals surface area (Å²) in [4.78, 5) is 16.0. The van der Waals surface area contributed by atoms with E-state index in [1.807, 2.05) is 6.92 Å². The lowest BCUT2D eigenvalue weighted by atomic mass is 10.2. The van der Waals surface area contributed by atoms with E-state index in [0.29, 0.717) is 11.9 Å². The summed E-state index contributed by atoms with van der Waals surface area (Å²) in [5, 5.41) is 9.47. The second-order valence-corrected chi connectivity index (χ2v) is 3.90. The van der Waals surface area contributed by atoms with Crippen molar-refractivity contribution in [1.82, 2.24) is 9.55 Å². The van der Waals surface area contributed by atoms with E-state index in [0.717, 1.165) is 0 Å². The lowest BCUT2D eigenvalue weighted by molar-refractivity contribution is 0.148. The minimum absolute atomic E-state index is 0.0293. The maximum atomic E-state index is 13.5. The molecule has 2 aromatic rings. The Kier molecular flexibility index (Phi) is 3.19. The number of fused-ring (bicyclic) bond motifs is 1. The van der Waals surface area contributed by atoms with Gasteiger partial charge < -0.3 is 5.11 Å². The van der Waals surface area contributed by atoms with Crippen LogP contribution in [0.2, 0.25) is 0 Å². The maximum Gasteiger partial charge on any atom is 0.264 e. The first-order valence-corrected chi connectivity index (χ1v) is 5.45. The summed E-state index contributed by atoms with van der Waals surface area (Å²) in [6, 6.07) is 4.32. The molecule has 0 bridgehead atoms. The molecule has 0 spiro atoms. The highest BCUT2D eigenvalue weighted by atomic mass is 19.1. The molecule has 0 aliphatic heterocycles. The van der Waals surface area contributed by atoms with Crippen molar-refractivity contribution in [3.05, 3.63) is 40.7 Å². The molecule has 4 nitrogen and oxygen atoms in total. The minimum atomic E-state index is -0.626. The summed E-state index contributed by atoms with van der Waals surface area (Å²) >= 11 is 0. The highest BCUT2D eigenvalue weighted by Crippen LogP contribution is 2.10. The van der Waals surface area contributed by atoms with Crippen LogP contribution in [-0.2, 0) is 6.54 Å². The highest BCUT2D eigenvalue weighted by molar-refractivity contribution is 5.77. The van der Waals surface area contributed by atoms with Gasteiger partial charge in [-0.3, -0.25) is 9.36 Å². The molecule has 17 heavy (non-hydrogen) atoms. The fourth-order valence-electron chi connectivity index (χ4n) is 1.65. The van der Waals surface area contributed by atoms with E-state index in [2.05, 4.69) is 4.98 Å². The van der Waals surface area contributed by atoms with Gasteiger partial charge in [0.25, 0.3) is 5.56 Å². The summed E-state index contributed by atoms with van der Waals surface area (Å²) in [5.41, 5.74) is -0.127. The summed E-state index contributed by atoms with van der Waals surface area (Å²) in [7, 11) is 0. The molecular weight excluding hydrogens is 223 g/mol. The first-order chi connectivity index (χ1) is 8.13. The number of nitrogens with zero attached hydrogens (tertiary/aromatic N) is 2. The van der Waals surface area contributed by atoms with Gasteiger partial charge >= 0.3 is 0 Å². The number of benzene rings is 1. The zero-order valence-electron chi connectivity index (χ0n) is 9.43. The zero-order chi connectivity index (χ0) is 12.4. The Morgan fingerprint density at radius 2 is 2.29 bits per heavy atom. The molecule has 0 amide bonds. The molecule has 1 aromatic carbocycles. The smallest absolute Gasteiger partial charge is 0.264 e. The second-order valence-electron chi connectivity index (χ2n) is 3.90. The van der Waals surface area contributed by atoms with Crippen LogP contribution in [0.1, 0.15) is 13.3 Å². The summed E-state index contributed by atoms with van der Waals surface area (Å²) < 4.78 is 14.8. The number of halogens is 1. The molecule has 1 unspecified atom stereocenters. The van der Waals surface area contributed by atoms with Gasteiger partial charge in [-0.05, 0) is 18.6 Å². The van der Waals surface area contributed by atoms with E-state index < -0.39 is 17.5 Å². The molecular formula is C12H13FN2O2. The van der Waals surface area contributed by atoms with Gasteiger partial charge in [0.2, 0.25) is 0 Å². The van der Waals surface area contributed by atoms with Crippen LogP contribution in [0.15, 0.2) is 29.3 Å². The van der Waals surface area contributed by atoms with Crippen molar-refractivity contribution < 1.29 is 9.50 Å². The molecule has 0 saturated carbocycles. The van der Waals surface area contributed by atoms with E-state index in [4.69, 9.17) is 0 Å². The largest absolute Gasteiger partial charge is 0.391 e. The van der Waals surface area contributed by atoms with E-state index >= 15 is 0 Å². The van der Waals surface area contributed by atoms with Crippen LogP contribution >= 0.6 is 0 Å². The zero-order valence-corrected chi connectivity index (χ0v) is 9.43. The first kappa shape index (κ1) is 11.7. The van der Waals surface area contributed by atoms with Crippen molar-refractivity contribution in [2.45, 2.75) is 26.0 Å². The van der Waals surface area contributed by atoms with Gasteiger partial charge in [-0.1, -0.05) is 13.0 Å². The van der Waals surface area contributed by atoms with Gasteiger partial charge in [-0.25, -0.2) is 9.37 Å². The molecule has 1 N–H and O–H groups in total. The summed E-state index contributed by atoms with van der Waals surface area (Å²) in [6.45, 7) is 1.94. The van der Waals surface area contributed by atoms with Crippen molar-refractivity contribution >= 4 is 10.9 Å². The lowest BCUT2D eigenvalue weighted by Crippen LogP contribution is -2.27. The Labute approximate surface area is 97.3 Å². The third kappa shape index (κ3) is 2.19. The Hall–Kier alpha value is -1.75. The summed E-state index contributed by atoms with van der Waals surface area (Å²) in [6.07, 6.45) is 1.24. The molecule has 1 aromatic heterocycles. The molecule has 0 aliphatic carbocycles. The molecule has 0 fully saturated rings. The summed E-state index contributed by atoms with van der Waals surface area (Å²) in [5.74, 6) is -0.583. The number of aliphatic hydroxyl groups excluding tert-OH is 1. The van der Waals surface area contributed by atoms with Gasteiger partial charge in [-0.2, -0.15) is 0 Å². The van der Waals surface area contributed by atoms with Crippen LogP contribution in [0, 0.1) is 5.82 Å². The molecule has 5 heteroatoms. The minimum Gasteiger partial charge on any atom is -0.391 e. The van der Waals surface area contributed by atoms with Gasteiger partial charge in [0, 0.05) is 0 Å². The second kappa shape index (κ2) is 4.63. The van der Waals surface area contributed by atoms with E-state index in [1.165, 1.54) is 23.0 Å². The lowest BCUT2D eigenvalue weighted by Gasteiger charge is -2.10. The van der Waals surface area contributed by atoms with E-state index in [1.54, 1.807) is 6.07 Å². The third-order valence-corrected chi connectivity index (χ3v) is 2.68. The normalized spacial score (nSPS) is 12.9. The molecule has 0 aliphatic rings. The Morgan fingerprint density at radius 1 is 1.53 bits per heavy atom. The molecule has 0 saturated heterocycles. The Balaban J connectivity index is 2.57. The predicted octanol–water partition coefficient (Wildman–Crippen LogP) is 1.31. The van der Waals surface area contributed by atoms with Crippen molar-refractivity contribution in [3.8, 4) is 0 Å². The molecule has 90 valence electrons. The van der Waals surface area contributed by atoms with Crippen molar-refractivity contribution in [1.29, 1.82) is 0 Å². The topological polar surface area (TPSA) is 55.1 Å². The highest BCUT2D eigenvalue weighted by Gasteiger charge is 2.10. The Morgan fingerprint density at radius 3 is 3.00 bits per heavy atom. The quantitative estimate of drug-likeness (QED) is 0.874. The standard InChI is InChI=1S/C12H13FN2O2/c1-2-8(16)6-15-7-14-10-5-3-4-9(13)11(10)12(15)17/h3-5,7-8,16H,2,6H2,1H3. The number of hydrogen-bond donors (Lipinski definition) is 1. The average molecular weight is 236 g/mol.